The molecule has 1 saturated heterocycles. The first-order chi connectivity index (χ1) is 19.9. The third-order valence-electron chi connectivity index (χ3n) is 7.38. The van der Waals surface area contributed by atoms with Gasteiger partial charge < -0.3 is 14.9 Å². The maximum Gasteiger partial charge on any atom is 0.211 e. The second kappa shape index (κ2) is 11.5. The van der Waals surface area contributed by atoms with E-state index in [1.54, 1.807) is 30.1 Å². The van der Waals surface area contributed by atoms with Crippen LogP contribution in [0.4, 0.5) is 25.3 Å². The van der Waals surface area contributed by atoms with E-state index in [-0.39, 0.29) is 37.7 Å². The number of pyridine rings is 1. The number of nitriles is 1. The van der Waals surface area contributed by atoms with Crippen LogP contribution >= 0.6 is 11.3 Å². The molecule has 9 nitrogen and oxygen atoms in total. The van der Waals surface area contributed by atoms with Gasteiger partial charge in [0.1, 0.15) is 28.0 Å². The Kier molecular flexibility index (Phi) is 8.17. The highest BCUT2D eigenvalue weighted by atomic mass is 32.2. The minimum absolute atomic E-state index is 0.00999. The van der Waals surface area contributed by atoms with E-state index in [2.05, 4.69) is 11.1 Å². The monoisotopic (exact) mass is 612 g/mol. The van der Waals surface area contributed by atoms with E-state index in [9.17, 15) is 23.2 Å². The smallest absolute Gasteiger partial charge is 0.211 e. The molecule has 0 spiro atoms. The molecule has 0 radical (unpaired) electrons. The quantitative estimate of drug-likeness (QED) is 0.316. The topological polar surface area (TPSA) is 114 Å². The number of anilines is 3. The summed E-state index contributed by atoms with van der Waals surface area (Å²) < 4.78 is 54.9. The van der Waals surface area contributed by atoms with E-state index < -0.39 is 27.7 Å². The lowest BCUT2D eigenvalue weighted by atomic mass is 10.0. The molecule has 0 saturated carbocycles. The molecule has 13 heteroatoms. The number of thiazole rings is 1. The van der Waals surface area contributed by atoms with E-state index in [4.69, 9.17) is 4.98 Å². The Balaban J connectivity index is 1.62. The van der Waals surface area contributed by atoms with Crippen LogP contribution in [0.15, 0.2) is 42.5 Å². The van der Waals surface area contributed by atoms with Crippen molar-refractivity contribution in [1.29, 1.82) is 5.26 Å². The van der Waals surface area contributed by atoms with Crippen LogP contribution in [0.25, 0.3) is 22.2 Å². The summed E-state index contributed by atoms with van der Waals surface area (Å²) in [6.07, 6.45) is 1.13. The molecule has 2 aromatic carbocycles. The summed E-state index contributed by atoms with van der Waals surface area (Å²) in [6, 6.07) is 12.4. The number of hydrogen-bond donors (Lipinski definition) is 1. The van der Waals surface area contributed by atoms with Gasteiger partial charge in [0.2, 0.25) is 10.0 Å². The predicted octanol–water partition coefficient (Wildman–Crippen LogP) is 4.84. The molecule has 1 aliphatic rings. The molecular weight excluding hydrogens is 582 g/mol. The molecular formula is C29H30F2N6O3S2. The molecule has 0 aliphatic carbocycles. The Bertz CT molecular complexity index is 1790. The number of rotatable bonds is 7. The molecule has 0 unspecified atom stereocenters. The number of piperazine rings is 1. The van der Waals surface area contributed by atoms with Crippen molar-refractivity contribution in [3.05, 3.63) is 64.7 Å². The molecule has 2 aromatic heterocycles. The lowest BCUT2D eigenvalue weighted by molar-refractivity contribution is 0.218. The van der Waals surface area contributed by atoms with Crippen LogP contribution < -0.4 is 9.80 Å². The van der Waals surface area contributed by atoms with Gasteiger partial charge in [0, 0.05) is 49.0 Å². The van der Waals surface area contributed by atoms with Crippen LogP contribution in [0, 0.1) is 23.0 Å². The first kappa shape index (κ1) is 29.8. The van der Waals surface area contributed by atoms with Gasteiger partial charge in [-0.2, -0.15) is 9.57 Å². The van der Waals surface area contributed by atoms with Crippen LogP contribution in [0.2, 0.25) is 0 Å². The van der Waals surface area contributed by atoms with Crippen molar-refractivity contribution in [2.24, 2.45) is 0 Å². The standard InChI is InChI=1S/C29H30F2N6O3S2/c1-17(2)24-13-25(35(3)29-34-27(26(14-32)41-29)18-5-7-19(30)8-6-18)22-11-20(12-23(31)28(22)33-24)37-10-9-36(42(4,39)40)15-21(37)16-38/h5-8,11-13,17,21,38H,9-10,15-16H2,1-4H3/t21-/m0/s1. The van der Waals surface area contributed by atoms with Crippen LogP contribution in [0.5, 0.6) is 0 Å². The van der Waals surface area contributed by atoms with Gasteiger partial charge in [-0.15, -0.1) is 0 Å². The van der Waals surface area contributed by atoms with E-state index in [1.165, 1.54) is 33.8 Å². The summed E-state index contributed by atoms with van der Waals surface area (Å²) in [5.41, 5.74) is 2.96. The summed E-state index contributed by atoms with van der Waals surface area (Å²) >= 11 is 1.17. The fourth-order valence-corrected chi connectivity index (χ4v) is 6.79. The fourth-order valence-electron chi connectivity index (χ4n) is 5.07. The van der Waals surface area contributed by atoms with Gasteiger partial charge in [-0.1, -0.05) is 25.2 Å². The van der Waals surface area contributed by atoms with Crippen molar-refractivity contribution in [2.75, 3.05) is 49.3 Å². The Morgan fingerprint density at radius 3 is 2.50 bits per heavy atom. The van der Waals surface area contributed by atoms with Crippen molar-refractivity contribution in [1.82, 2.24) is 14.3 Å². The highest BCUT2D eigenvalue weighted by molar-refractivity contribution is 7.88. The lowest BCUT2D eigenvalue weighted by Crippen LogP contribution is -2.56. The maximum atomic E-state index is 15.8. The van der Waals surface area contributed by atoms with Crippen LogP contribution in [-0.2, 0) is 10.0 Å². The van der Waals surface area contributed by atoms with Gasteiger partial charge in [0.05, 0.1) is 24.6 Å². The van der Waals surface area contributed by atoms with Crippen molar-refractivity contribution in [2.45, 2.75) is 25.8 Å². The molecule has 0 bridgehead atoms. The first-order valence-electron chi connectivity index (χ1n) is 13.3. The largest absolute Gasteiger partial charge is 0.394 e. The molecule has 4 aromatic rings. The SMILES string of the molecule is CC(C)c1cc(N(C)c2nc(-c3ccc(F)cc3)c(C#N)s2)c2cc(N3CCN(S(C)(=O)=O)C[C@H]3CO)cc(F)c2n1. The summed E-state index contributed by atoms with van der Waals surface area (Å²) in [6.45, 7) is 4.15. The minimum Gasteiger partial charge on any atom is -0.394 e. The van der Waals surface area contributed by atoms with Crippen molar-refractivity contribution in [3.8, 4) is 17.3 Å². The van der Waals surface area contributed by atoms with E-state index >= 15 is 4.39 Å². The average Bonchev–Trinajstić information content (AvgIpc) is 3.40. The zero-order chi connectivity index (χ0) is 30.3. The third kappa shape index (κ3) is 5.67. The molecule has 1 atom stereocenters. The molecule has 220 valence electrons. The Hall–Kier alpha value is -3.70. The summed E-state index contributed by atoms with van der Waals surface area (Å²) in [5, 5.41) is 20.9. The van der Waals surface area contributed by atoms with Crippen LogP contribution in [-0.4, -0.2) is 73.4 Å². The molecule has 3 heterocycles. The second-order valence-corrected chi connectivity index (χ2v) is 13.5. The fraction of sp³-hybridized carbons (Fsp3) is 0.345. The van der Waals surface area contributed by atoms with Crippen LogP contribution in [0.1, 0.15) is 30.3 Å². The van der Waals surface area contributed by atoms with Crippen molar-refractivity contribution < 1.29 is 22.3 Å². The van der Waals surface area contributed by atoms with Crippen molar-refractivity contribution in [3.63, 3.8) is 0 Å². The number of aliphatic hydroxyl groups is 1. The zero-order valence-corrected chi connectivity index (χ0v) is 25.2. The summed E-state index contributed by atoms with van der Waals surface area (Å²) in [4.78, 5) is 13.3. The number of benzene rings is 2. The first-order valence-corrected chi connectivity index (χ1v) is 15.9. The highest BCUT2D eigenvalue weighted by Crippen LogP contribution is 2.40. The number of sulfonamides is 1. The number of fused-ring (bicyclic) bond motifs is 1. The molecule has 42 heavy (non-hydrogen) atoms. The molecule has 5 rings (SSSR count). The van der Waals surface area contributed by atoms with Gasteiger partial charge in [-0.25, -0.2) is 27.2 Å². The number of halogens is 2. The van der Waals surface area contributed by atoms with Crippen LogP contribution in [0.3, 0.4) is 0 Å². The molecule has 0 amide bonds. The molecule has 1 aliphatic heterocycles. The Morgan fingerprint density at radius 1 is 1.17 bits per heavy atom. The third-order valence-corrected chi connectivity index (χ3v) is 9.69. The highest BCUT2D eigenvalue weighted by Gasteiger charge is 2.32. The van der Waals surface area contributed by atoms with Crippen molar-refractivity contribution >= 4 is 48.8 Å². The molecule has 1 N–H and O–H groups in total. The summed E-state index contributed by atoms with van der Waals surface area (Å²) in [7, 11) is -1.67. The zero-order valence-electron chi connectivity index (χ0n) is 23.5. The Labute approximate surface area is 247 Å². The normalized spacial score (nSPS) is 16.3. The number of aliphatic hydroxyl groups excluding tert-OH is 1. The second-order valence-electron chi connectivity index (χ2n) is 10.5. The average molecular weight is 613 g/mol. The van der Waals surface area contributed by atoms with Gasteiger partial charge in [0.25, 0.3) is 0 Å². The number of nitrogens with zero attached hydrogens (tertiary/aromatic N) is 6. The minimum atomic E-state index is -3.45. The van der Waals surface area contributed by atoms with E-state index in [1.807, 2.05) is 24.8 Å². The Morgan fingerprint density at radius 2 is 1.88 bits per heavy atom. The number of aromatic nitrogens is 2. The maximum absolute atomic E-state index is 15.8. The van der Waals surface area contributed by atoms with Gasteiger partial charge in [-0.05, 0) is 48.4 Å². The number of hydrogen-bond acceptors (Lipinski definition) is 9. The van der Waals surface area contributed by atoms with Gasteiger partial charge in [0.15, 0.2) is 10.9 Å². The lowest BCUT2D eigenvalue weighted by Gasteiger charge is -2.41. The van der Waals surface area contributed by atoms with E-state index in [0.29, 0.717) is 43.7 Å². The van der Waals surface area contributed by atoms with Gasteiger partial charge in [-0.3, -0.25) is 0 Å². The predicted molar refractivity (Wildman–Crippen MR) is 161 cm³/mol. The molecule has 1 fully saturated rings. The van der Waals surface area contributed by atoms with Gasteiger partial charge >= 0.3 is 0 Å². The summed E-state index contributed by atoms with van der Waals surface area (Å²) in [5.74, 6) is -0.955. The van der Waals surface area contributed by atoms with E-state index in [0.717, 1.165) is 6.26 Å².